The molecule has 0 spiro atoms. The second-order valence-corrected chi connectivity index (χ2v) is 7.32. The highest BCUT2D eigenvalue weighted by Gasteiger charge is 2.35. The Kier molecular flexibility index (Phi) is 4.81. The summed E-state index contributed by atoms with van der Waals surface area (Å²) in [5, 5.41) is 11.4. The van der Waals surface area contributed by atoms with Gasteiger partial charge < -0.3 is 15.5 Å². The Labute approximate surface area is 167 Å². The van der Waals surface area contributed by atoms with Crippen molar-refractivity contribution in [3.63, 3.8) is 0 Å². The number of nitrogens with zero attached hydrogens (tertiary/aromatic N) is 1. The molecule has 5 nitrogen and oxygen atoms in total. The highest BCUT2D eigenvalue weighted by atomic mass is 35.5. The van der Waals surface area contributed by atoms with E-state index in [2.05, 4.69) is 15.8 Å². The summed E-state index contributed by atoms with van der Waals surface area (Å²) in [6.07, 6.45) is 0.315. The van der Waals surface area contributed by atoms with E-state index in [1.54, 1.807) is 12.1 Å². The van der Waals surface area contributed by atoms with Gasteiger partial charge in [0.25, 0.3) is 0 Å². The van der Waals surface area contributed by atoms with Crippen LogP contribution >= 0.6 is 23.2 Å². The first kappa shape index (κ1) is 17.9. The molecule has 27 heavy (non-hydrogen) atoms. The van der Waals surface area contributed by atoms with Gasteiger partial charge in [-0.1, -0.05) is 58.7 Å². The lowest BCUT2D eigenvalue weighted by atomic mass is 9.89. The Morgan fingerprint density at radius 3 is 2.59 bits per heavy atom. The van der Waals surface area contributed by atoms with Gasteiger partial charge in [0, 0.05) is 33.3 Å². The molecule has 2 aliphatic heterocycles. The summed E-state index contributed by atoms with van der Waals surface area (Å²) in [5.41, 5.74) is 4.25. The molecular formula is C20H17Cl2N3O2. The number of allylic oxidation sites excluding steroid dienone is 1. The summed E-state index contributed by atoms with van der Waals surface area (Å²) in [6.45, 7) is 1.86. The highest BCUT2D eigenvalue weighted by Crippen LogP contribution is 2.37. The third-order valence-corrected chi connectivity index (χ3v) is 5.30. The molecule has 2 amide bonds. The van der Waals surface area contributed by atoms with Gasteiger partial charge in [-0.2, -0.15) is 0 Å². The first-order valence-electron chi connectivity index (χ1n) is 8.54. The van der Waals surface area contributed by atoms with Crippen molar-refractivity contribution in [1.29, 1.82) is 0 Å². The van der Waals surface area contributed by atoms with Crippen LogP contribution in [0, 0.1) is 0 Å². The van der Waals surface area contributed by atoms with Crippen molar-refractivity contribution in [1.82, 2.24) is 10.6 Å². The quantitative estimate of drug-likeness (QED) is 0.747. The van der Waals surface area contributed by atoms with E-state index in [4.69, 9.17) is 28.0 Å². The number of halogens is 2. The minimum atomic E-state index is -0.330. The van der Waals surface area contributed by atoms with E-state index >= 15 is 0 Å². The van der Waals surface area contributed by atoms with Gasteiger partial charge in [-0.25, -0.2) is 4.79 Å². The monoisotopic (exact) mass is 401 g/mol. The topological polar surface area (TPSA) is 62.7 Å². The zero-order chi connectivity index (χ0) is 19.0. The van der Waals surface area contributed by atoms with Crippen LogP contribution in [0.3, 0.4) is 0 Å². The first-order chi connectivity index (χ1) is 13.0. The summed E-state index contributed by atoms with van der Waals surface area (Å²) in [4.78, 5) is 17.7. The number of amides is 2. The predicted molar refractivity (Wildman–Crippen MR) is 106 cm³/mol. The fourth-order valence-electron chi connectivity index (χ4n) is 3.42. The van der Waals surface area contributed by atoms with Crippen LogP contribution in [0.4, 0.5) is 4.79 Å². The number of nitrogens with one attached hydrogen (secondary N) is 2. The number of oxime groups is 1. The minimum absolute atomic E-state index is 0.252. The maximum absolute atomic E-state index is 12.0. The maximum atomic E-state index is 12.0. The summed E-state index contributed by atoms with van der Waals surface area (Å²) in [7, 11) is 0. The fourth-order valence-corrected chi connectivity index (χ4v) is 3.80. The van der Waals surface area contributed by atoms with Crippen LogP contribution in [0.15, 0.2) is 65.0 Å². The Morgan fingerprint density at radius 1 is 1.11 bits per heavy atom. The Morgan fingerprint density at radius 2 is 1.85 bits per heavy atom. The highest BCUT2D eigenvalue weighted by molar-refractivity contribution is 6.31. The Hall–Kier alpha value is -2.50. The van der Waals surface area contributed by atoms with Gasteiger partial charge in [-0.05, 0) is 30.7 Å². The largest absolute Gasteiger partial charge is 0.387 e. The van der Waals surface area contributed by atoms with Crippen LogP contribution in [-0.2, 0) is 4.84 Å². The van der Waals surface area contributed by atoms with Crippen molar-refractivity contribution < 1.29 is 9.63 Å². The Balaban J connectivity index is 1.66. The Bertz CT molecular complexity index is 954. The van der Waals surface area contributed by atoms with Crippen molar-refractivity contribution in [2.24, 2.45) is 5.16 Å². The van der Waals surface area contributed by atoms with Gasteiger partial charge in [-0.3, -0.25) is 0 Å². The van der Waals surface area contributed by atoms with Gasteiger partial charge in [0.05, 0.1) is 11.8 Å². The summed E-state index contributed by atoms with van der Waals surface area (Å²) in [5.74, 6) is 0. The van der Waals surface area contributed by atoms with Gasteiger partial charge in [0.15, 0.2) is 6.10 Å². The van der Waals surface area contributed by atoms with Crippen LogP contribution in [-0.4, -0.2) is 11.7 Å². The second kappa shape index (κ2) is 7.25. The van der Waals surface area contributed by atoms with Crippen LogP contribution < -0.4 is 10.6 Å². The standard InChI is InChI=1S/C20H17Cl2N3O2/c1-11-18(16-10-17(27-25-16)14-4-2-3-5-15(14)22)19(24-20(26)23-11)12-6-8-13(21)9-7-12/h2-9,17,19H,10H2,1H3,(H2,23,24,26). The first-order valence-corrected chi connectivity index (χ1v) is 9.30. The molecule has 7 heteroatoms. The summed E-state index contributed by atoms with van der Waals surface area (Å²) < 4.78 is 0. The van der Waals surface area contributed by atoms with Crippen LogP contribution in [0.1, 0.15) is 36.6 Å². The second-order valence-electron chi connectivity index (χ2n) is 6.48. The number of hydrogen-bond donors (Lipinski definition) is 2. The number of urea groups is 1. The molecule has 2 aromatic rings. The predicted octanol–water partition coefficient (Wildman–Crippen LogP) is 5.14. The van der Waals surface area contributed by atoms with E-state index in [-0.39, 0.29) is 18.2 Å². The molecule has 2 aliphatic rings. The number of carbonyl (C=O) groups is 1. The molecule has 2 N–H and O–H groups in total. The molecule has 0 radical (unpaired) electrons. The van der Waals surface area contributed by atoms with E-state index in [1.165, 1.54) is 0 Å². The smallest absolute Gasteiger partial charge is 0.319 e. The van der Waals surface area contributed by atoms with Gasteiger partial charge in [0.1, 0.15) is 0 Å². The zero-order valence-corrected chi connectivity index (χ0v) is 16.0. The van der Waals surface area contributed by atoms with Crippen molar-refractivity contribution in [2.75, 3.05) is 0 Å². The van der Waals surface area contributed by atoms with E-state index < -0.39 is 0 Å². The third-order valence-electron chi connectivity index (χ3n) is 4.70. The number of hydrogen-bond acceptors (Lipinski definition) is 3. The van der Waals surface area contributed by atoms with Crippen LogP contribution in [0.5, 0.6) is 0 Å². The molecule has 0 saturated carbocycles. The fraction of sp³-hybridized carbons (Fsp3) is 0.200. The van der Waals surface area contributed by atoms with Crippen LogP contribution in [0.25, 0.3) is 0 Å². The van der Waals surface area contributed by atoms with E-state index in [9.17, 15) is 4.79 Å². The number of benzene rings is 2. The van der Waals surface area contributed by atoms with E-state index in [0.717, 1.165) is 28.1 Å². The van der Waals surface area contributed by atoms with Crippen molar-refractivity contribution in [3.05, 3.63) is 81.0 Å². The average Bonchev–Trinajstić information content (AvgIpc) is 3.11. The molecule has 2 unspecified atom stereocenters. The molecule has 0 saturated heterocycles. The maximum Gasteiger partial charge on any atom is 0.319 e. The molecule has 2 atom stereocenters. The van der Waals surface area contributed by atoms with E-state index in [0.29, 0.717) is 16.5 Å². The van der Waals surface area contributed by atoms with E-state index in [1.807, 2.05) is 43.3 Å². The summed E-state index contributed by atoms with van der Waals surface area (Å²) in [6, 6.07) is 14.4. The zero-order valence-electron chi connectivity index (χ0n) is 14.5. The number of rotatable bonds is 3. The lowest BCUT2D eigenvalue weighted by Crippen LogP contribution is -2.44. The molecular weight excluding hydrogens is 385 g/mol. The normalized spacial score (nSPS) is 22.0. The molecule has 0 aliphatic carbocycles. The molecule has 4 rings (SSSR count). The van der Waals surface area contributed by atoms with Crippen molar-refractivity contribution >= 4 is 34.9 Å². The third kappa shape index (κ3) is 3.53. The molecule has 2 aromatic carbocycles. The molecule has 2 heterocycles. The molecule has 138 valence electrons. The van der Waals surface area contributed by atoms with Gasteiger partial charge in [-0.15, -0.1) is 0 Å². The lowest BCUT2D eigenvalue weighted by Gasteiger charge is -2.29. The molecule has 0 fully saturated rings. The van der Waals surface area contributed by atoms with Crippen LogP contribution in [0.2, 0.25) is 10.0 Å². The molecule has 0 aromatic heterocycles. The number of carbonyl (C=O) groups excluding carboxylic acids is 1. The summed E-state index contributed by atoms with van der Waals surface area (Å²) >= 11 is 12.3. The minimum Gasteiger partial charge on any atom is -0.387 e. The van der Waals surface area contributed by atoms with Gasteiger partial charge in [0.2, 0.25) is 0 Å². The lowest BCUT2D eigenvalue weighted by molar-refractivity contribution is 0.0858. The van der Waals surface area contributed by atoms with Crippen molar-refractivity contribution in [3.8, 4) is 0 Å². The van der Waals surface area contributed by atoms with Crippen molar-refractivity contribution in [2.45, 2.75) is 25.5 Å². The SMILES string of the molecule is CC1=C(C2=NOC(c3ccccc3Cl)C2)C(c2ccc(Cl)cc2)NC(=O)N1. The van der Waals surface area contributed by atoms with Gasteiger partial charge >= 0.3 is 6.03 Å². The average molecular weight is 402 g/mol. The molecule has 0 bridgehead atoms.